The van der Waals surface area contributed by atoms with E-state index in [1.54, 1.807) is 24.3 Å². The minimum atomic E-state index is -0.326. The summed E-state index contributed by atoms with van der Waals surface area (Å²) in [4.78, 5) is 24.4. The topological polar surface area (TPSA) is 46.6 Å². The maximum absolute atomic E-state index is 11.6. The molecule has 0 unspecified atom stereocenters. The Balaban J connectivity index is 1.82. The highest BCUT2D eigenvalue weighted by Gasteiger charge is 2.24. The molecule has 0 saturated heterocycles. The number of hydrogen-bond acceptors (Lipinski definition) is 3. The summed E-state index contributed by atoms with van der Waals surface area (Å²) in [5.74, 6) is 0.800. The molecule has 3 rings (SSSR count). The summed E-state index contributed by atoms with van der Waals surface area (Å²) in [5.41, 5.74) is 2.78. The van der Waals surface area contributed by atoms with Crippen LogP contribution in [0.3, 0.4) is 0 Å². The van der Waals surface area contributed by atoms with Gasteiger partial charge in [-0.05, 0) is 55.3 Å². The molecule has 0 radical (unpaired) electrons. The molecule has 2 aromatic rings. The molecule has 2 amide bonds. The SMILES string of the molecule is Cc1cccc(Oc2ccc(N3C(=O)C=CC3=O)cc2)c1C. The zero-order valence-corrected chi connectivity index (χ0v) is 12.4. The zero-order valence-electron chi connectivity index (χ0n) is 12.4. The molecule has 22 heavy (non-hydrogen) atoms. The Kier molecular flexibility index (Phi) is 3.51. The summed E-state index contributed by atoms with van der Waals surface area (Å²) in [6.07, 6.45) is 2.53. The average molecular weight is 293 g/mol. The van der Waals surface area contributed by atoms with Gasteiger partial charge in [-0.25, -0.2) is 4.90 Å². The Bertz CT molecular complexity index is 757. The van der Waals surface area contributed by atoms with Gasteiger partial charge in [0.25, 0.3) is 11.8 Å². The van der Waals surface area contributed by atoms with Crippen molar-refractivity contribution in [3.05, 3.63) is 65.7 Å². The van der Waals surface area contributed by atoms with Crippen LogP contribution in [0.1, 0.15) is 11.1 Å². The predicted octanol–water partition coefficient (Wildman–Crippen LogP) is 3.53. The molecule has 4 nitrogen and oxygen atoms in total. The highest BCUT2D eigenvalue weighted by molar-refractivity contribution is 6.28. The van der Waals surface area contributed by atoms with Crippen LogP contribution in [0.25, 0.3) is 0 Å². The van der Waals surface area contributed by atoms with Crippen LogP contribution in [0.5, 0.6) is 11.5 Å². The summed E-state index contributed by atoms with van der Waals surface area (Å²) >= 11 is 0. The fourth-order valence-corrected chi connectivity index (χ4v) is 2.28. The normalized spacial score (nSPS) is 13.8. The molecular formula is C18H15NO3. The number of ether oxygens (including phenoxy) is 1. The van der Waals surface area contributed by atoms with Gasteiger partial charge in [-0.1, -0.05) is 12.1 Å². The lowest BCUT2D eigenvalue weighted by Crippen LogP contribution is -2.29. The Hall–Kier alpha value is -2.88. The lowest BCUT2D eigenvalue weighted by atomic mass is 10.1. The van der Waals surface area contributed by atoms with Gasteiger partial charge in [0.1, 0.15) is 11.5 Å². The van der Waals surface area contributed by atoms with Crippen molar-refractivity contribution in [3.63, 3.8) is 0 Å². The van der Waals surface area contributed by atoms with Crippen LogP contribution >= 0.6 is 0 Å². The molecule has 0 aromatic heterocycles. The molecule has 110 valence electrons. The van der Waals surface area contributed by atoms with Gasteiger partial charge in [-0.2, -0.15) is 0 Å². The Morgan fingerprint density at radius 2 is 1.50 bits per heavy atom. The number of rotatable bonds is 3. The van der Waals surface area contributed by atoms with Gasteiger partial charge in [0.2, 0.25) is 0 Å². The lowest BCUT2D eigenvalue weighted by Gasteiger charge is -2.15. The second-order valence-corrected chi connectivity index (χ2v) is 5.14. The molecule has 0 aliphatic carbocycles. The van der Waals surface area contributed by atoms with Crippen molar-refractivity contribution < 1.29 is 14.3 Å². The van der Waals surface area contributed by atoms with Crippen LogP contribution in [0.15, 0.2) is 54.6 Å². The second kappa shape index (κ2) is 5.48. The highest BCUT2D eigenvalue weighted by atomic mass is 16.5. The average Bonchev–Trinajstić information content (AvgIpc) is 2.84. The van der Waals surface area contributed by atoms with E-state index in [1.165, 1.54) is 12.2 Å². The monoisotopic (exact) mass is 293 g/mol. The zero-order chi connectivity index (χ0) is 15.7. The lowest BCUT2D eigenvalue weighted by molar-refractivity contribution is -0.119. The van der Waals surface area contributed by atoms with Crippen molar-refractivity contribution in [1.29, 1.82) is 0 Å². The number of imide groups is 1. The van der Waals surface area contributed by atoms with Gasteiger partial charge in [0.15, 0.2) is 0 Å². The molecular weight excluding hydrogens is 278 g/mol. The maximum atomic E-state index is 11.6. The fraction of sp³-hybridized carbons (Fsp3) is 0.111. The van der Waals surface area contributed by atoms with Crippen LogP contribution in [0, 0.1) is 13.8 Å². The standard InChI is InChI=1S/C18H15NO3/c1-12-4-3-5-16(13(12)2)22-15-8-6-14(7-9-15)19-17(20)10-11-18(19)21/h3-11H,1-2H3. The molecule has 0 spiro atoms. The minimum absolute atomic E-state index is 0.326. The van der Waals surface area contributed by atoms with E-state index in [0.717, 1.165) is 21.8 Å². The largest absolute Gasteiger partial charge is 0.457 e. The molecule has 1 aliphatic rings. The maximum Gasteiger partial charge on any atom is 0.258 e. The van der Waals surface area contributed by atoms with Crippen molar-refractivity contribution in [2.24, 2.45) is 0 Å². The van der Waals surface area contributed by atoms with Crippen LogP contribution in [-0.2, 0) is 9.59 Å². The number of anilines is 1. The van der Waals surface area contributed by atoms with Crippen molar-refractivity contribution in [2.75, 3.05) is 4.90 Å². The summed E-state index contributed by atoms with van der Waals surface area (Å²) in [5, 5.41) is 0. The first-order valence-corrected chi connectivity index (χ1v) is 6.96. The number of aryl methyl sites for hydroxylation is 1. The summed E-state index contributed by atoms with van der Waals surface area (Å²) in [7, 11) is 0. The third-order valence-electron chi connectivity index (χ3n) is 3.69. The Morgan fingerprint density at radius 1 is 0.864 bits per heavy atom. The molecule has 0 N–H and O–H groups in total. The molecule has 0 saturated carbocycles. The van der Waals surface area contributed by atoms with Gasteiger partial charge in [0.05, 0.1) is 5.69 Å². The molecule has 1 heterocycles. The molecule has 4 heteroatoms. The van der Waals surface area contributed by atoms with E-state index < -0.39 is 0 Å². The van der Waals surface area contributed by atoms with E-state index in [0.29, 0.717) is 11.4 Å². The number of amides is 2. The van der Waals surface area contributed by atoms with E-state index in [1.807, 2.05) is 32.0 Å². The first kappa shape index (κ1) is 14.1. The first-order chi connectivity index (χ1) is 10.6. The molecule has 0 atom stereocenters. The van der Waals surface area contributed by atoms with Crippen molar-refractivity contribution in [2.45, 2.75) is 13.8 Å². The van der Waals surface area contributed by atoms with Crippen molar-refractivity contribution in [3.8, 4) is 11.5 Å². The number of carbonyl (C=O) groups is 2. The third-order valence-corrected chi connectivity index (χ3v) is 3.69. The number of nitrogens with zero attached hydrogens (tertiary/aromatic N) is 1. The van der Waals surface area contributed by atoms with Gasteiger partial charge in [-0.15, -0.1) is 0 Å². The quantitative estimate of drug-likeness (QED) is 0.813. The van der Waals surface area contributed by atoms with Crippen LogP contribution in [0.4, 0.5) is 5.69 Å². The van der Waals surface area contributed by atoms with Crippen LogP contribution in [0.2, 0.25) is 0 Å². The van der Waals surface area contributed by atoms with E-state index >= 15 is 0 Å². The molecule has 2 aromatic carbocycles. The predicted molar refractivity (Wildman–Crippen MR) is 84.1 cm³/mol. The number of benzene rings is 2. The minimum Gasteiger partial charge on any atom is -0.457 e. The van der Waals surface area contributed by atoms with E-state index in [9.17, 15) is 9.59 Å². The smallest absolute Gasteiger partial charge is 0.258 e. The first-order valence-electron chi connectivity index (χ1n) is 6.96. The summed E-state index contributed by atoms with van der Waals surface area (Å²) < 4.78 is 5.86. The van der Waals surface area contributed by atoms with Crippen LogP contribution in [-0.4, -0.2) is 11.8 Å². The summed E-state index contributed by atoms with van der Waals surface area (Å²) in [6.45, 7) is 4.04. The molecule has 1 aliphatic heterocycles. The molecule has 0 bridgehead atoms. The van der Waals surface area contributed by atoms with Gasteiger partial charge < -0.3 is 4.74 Å². The van der Waals surface area contributed by atoms with Gasteiger partial charge >= 0.3 is 0 Å². The number of hydrogen-bond donors (Lipinski definition) is 0. The highest BCUT2D eigenvalue weighted by Crippen LogP contribution is 2.29. The van der Waals surface area contributed by atoms with Gasteiger partial charge in [-0.3, -0.25) is 9.59 Å². The third kappa shape index (κ3) is 2.51. The van der Waals surface area contributed by atoms with E-state index in [4.69, 9.17) is 4.74 Å². The van der Waals surface area contributed by atoms with Gasteiger partial charge in [0, 0.05) is 12.2 Å². The summed E-state index contributed by atoms with van der Waals surface area (Å²) in [6, 6.07) is 12.8. The Morgan fingerprint density at radius 3 is 2.14 bits per heavy atom. The van der Waals surface area contributed by atoms with Crippen molar-refractivity contribution >= 4 is 17.5 Å². The van der Waals surface area contributed by atoms with E-state index in [2.05, 4.69) is 0 Å². The Labute approximate surface area is 128 Å². The van der Waals surface area contributed by atoms with Crippen LogP contribution < -0.4 is 9.64 Å². The number of carbonyl (C=O) groups excluding carboxylic acids is 2. The van der Waals surface area contributed by atoms with E-state index in [-0.39, 0.29) is 11.8 Å². The fourth-order valence-electron chi connectivity index (χ4n) is 2.28. The molecule has 0 fully saturated rings. The second-order valence-electron chi connectivity index (χ2n) is 5.14. The van der Waals surface area contributed by atoms with Crippen molar-refractivity contribution in [1.82, 2.24) is 0 Å².